The topological polar surface area (TPSA) is 29.0 Å². The monoisotopic (exact) mass is 261 g/mol. The average molecular weight is 262 g/mol. The van der Waals surface area contributed by atoms with Crippen molar-refractivity contribution in [1.82, 2.24) is 9.97 Å². The van der Waals surface area contributed by atoms with Crippen LogP contribution in [0.4, 0.5) is 5.69 Å². The fourth-order valence-electron chi connectivity index (χ4n) is 1.88. The van der Waals surface area contributed by atoms with Gasteiger partial charge >= 0.3 is 0 Å². The van der Waals surface area contributed by atoms with Crippen LogP contribution in [0, 0.1) is 6.92 Å². The van der Waals surface area contributed by atoms with Crippen LogP contribution in [0.5, 0.6) is 0 Å². The van der Waals surface area contributed by atoms with Gasteiger partial charge in [-0.15, -0.1) is 0 Å². The molecular formula is C14H16ClN3. The van der Waals surface area contributed by atoms with Gasteiger partial charge < -0.3 is 4.90 Å². The molecule has 0 amide bonds. The zero-order valence-electron chi connectivity index (χ0n) is 10.6. The van der Waals surface area contributed by atoms with Gasteiger partial charge in [0.1, 0.15) is 5.15 Å². The molecule has 94 valence electrons. The standard InChI is InChI=1S/C14H16ClN3/c1-11-9-14(15)17-10-13(11)18(2)8-5-12-3-6-16-7-4-12/h3-4,6-7,9-10H,5,8H2,1-2H3. The molecule has 2 aromatic rings. The summed E-state index contributed by atoms with van der Waals surface area (Å²) in [6.45, 7) is 2.99. The molecule has 2 heterocycles. The van der Waals surface area contributed by atoms with E-state index in [0.29, 0.717) is 5.15 Å². The minimum Gasteiger partial charge on any atom is -0.373 e. The third-order valence-electron chi connectivity index (χ3n) is 2.95. The van der Waals surface area contributed by atoms with Crippen molar-refractivity contribution in [3.63, 3.8) is 0 Å². The van der Waals surface area contributed by atoms with Gasteiger partial charge in [-0.25, -0.2) is 4.98 Å². The summed E-state index contributed by atoms with van der Waals surface area (Å²) in [4.78, 5) is 10.3. The van der Waals surface area contributed by atoms with E-state index in [4.69, 9.17) is 11.6 Å². The van der Waals surface area contributed by atoms with Crippen molar-refractivity contribution < 1.29 is 0 Å². The molecule has 18 heavy (non-hydrogen) atoms. The van der Waals surface area contributed by atoms with Crippen LogP contribution in [0.2, 0.25) is 5.15 Å². The van der Waals surface area contributed by atoms with Crippen LogP contribution in [0.25, 0.3) is 0 Å². The van der Waals surface area contributed by atoms with Crippen LogP contribution in [0.15, 0.2) is 36.8 Å². The number of nitrogens with zero attached hydrogens (tertiary/aromatic N) is 3. The first-order valence-electron chi connectivity index (χ1n) is 5.89. The Hall–Kier alpha value is -1.61. The Balaban J connectivity index is 2.01. The van der Waals surface area contributed by atoms with Crippen molar-refractivity contribution in [2.75, 3.05) is 18.5 Å². The van der Waals surface area contributed by atoms with E-state index < -0.39 is 0 Å². The molecule has 2 aromatic heterocycles. The van der Waals surface area contributed by atoms with Crippen LogP contribution in [-0.4, -0.2) is 23.6 Å². The number of rotatable bonds is 4. The lowest BCUT2D eigenvalue weighted by Gasteiger charge is -2.21. The summed E-state index contributed by atoms with van der Waals surface area (Å²) in [7, 11) is 2.07. The summed E-state index contributed by atoms with van der Waals surface area (Å²) < 4.78 is 0. The van der Waals surface area contributed by atoms with Crippen LogP contribution >= 0.6 is 11.6 Å². The Bertz CT molecular complexity index is 514. The van der Waals surface area contributed by atoms with Gasteiger partial charge in [-0.05, 0) is 42.7 Å². The third-order valence-corrected chi connectivity index (χ3v) is 3.15. The van der Waals surface area contributed by atoms with Gasteiger partial charge in [0.2, 0.25) is 0 Å². The number of hydrogen-bond acceptors (Lipinski definition) is 3. The minimum atomic E-state index is 0.541. The summed E-state index contributed by atoms with van der Waals surface area (Å²) in [5.74, 6) is 0. The molecular weight excluding hydrogens is 246 g/mol. The van der Waals surface area contributed by atoms with Crippen LogP contribution < -0.4 is 4.90 Å². The van der Waals surface area contributed by atoms with E-state index in [9.17, 15) is 0 Å². The molecule has 0 saturated carbocycles. The highest BCUT2D eigenvalue weighted by atomic mass is 35.5. The number of likely N-dealkylation sites (N-methyl/N-ethyl adjacent to an activating group) is 1. The number of pyridine rings is 2. The maximum absolute atomic E-state index is 5.86. The van der Waals surface area contributed by atoms with Crippen molar-refractivity contribution in [3.05, 3.63) is 53.1 Å². The maximum Gasteiger partial charge on any atom is 0.129 e. The molecule has 0 spiro atoms. The van der Waals surface area contributed by atoms with Gasteiger partial charge in [-0.2, -0.15) is 0 Å². The molecule has 0 fully saturated rings. The minimum absolute atomic E-state index is 0.541. The van der Waals surface area contributed by atoms with Crippen molar-refractivity contribution in [2.45, 2.75) is 13.3 Å². The highest BCUT2D eigenvalue weighted by Crippen LogP contribution is 2.20. The van der Waals surface area contributed by atoms with Gasteiger partial charge in [0.25, 0.3) is 0 Å². The highest BCUT2D eigenvalue weighted by Gasteiger charge is 2.06. The van der Waals surface area contributed by atoms with Crippen molar-refractivity contribution in [1.29, 1.82) is 0 Å². The van der Waals surface area contributed by atoms with Crippen LogP contribution in [-0.2, 0) is 6.42 Å². The van der Waals surface area contributed by atoms with E-state index in [0.717, 1.165) is 24.2 Å². The van der Waals surface area contributed by atoms with Crippen molar-refractivity contribution >= 4 is 17.3 Å². The van der Waals surface area contributed by atoms with E-state index in [1.165, 1.54) is 5.56 Å². The van der Waals surface area contributed by atoms with Crippen molar-refractivity contribution in [2.24, 2.45) is 0 Å². The molecule has 0 bridgehead atoms. The zero-order chi connectivity index (χ0) is 13.0. The highest BCUT2D eigenvalue weighted by molar-refractivity contribution is 6.29. The molecule has 0 aromatic carbocycles. The quantitative estimate of drug-likeness (QED) is 0.792. The maximum atomic E-state index is 5.86. The SMILES string of the molecule is Cc1cc(Cl)ncc1N(C)CCc1ccncc1. The average Bonchev–Trinajstić information content (AvgIpc) is 2.37. The Labute approximate surface area is 112 Å². The first-order valence-corrected chi connectivity index (χ1v) is 6.27. The number of aromatic nitrogens is 2. The molecule has 0 aliphatic carbocycles. The molecule has 3 nitrogen and oxygen atoms in total. The Kier molecular flexibility index (Phi) is 4.15. The second-order valence-electron chi connectivity index (χ2n) is 4.32. The number of hydrogen-bond donors (Lipinski definition) is 0. The number of halogens is 1. The molecule has 4 heteroatoms. The van der Waals surface area contributed by atoms with E-state index in [1.807, 2.05) is 43.7 Å². The summed E-state index contributed by atoms with van der Waals surface area (Å²) >= 11 is 5.86. The van der Waals surface area contributed by atoms with Crippen LogP contribution in [0.1, 0.15) is 11.1 Å². The summed E-state index contributed by atoms with van der Waals surface area (Å²) in [5, 5.41) is 0.541. The summed E-state index contributed by atoms with van der Waals surface area (Å²) in [6, 6.07) is 5.97. The first kappa shape index (κ1) is 12.8. The second-order valence-corrected chi connectivity index (χ2v) is 4.71. The fourth-order valence-corrected chi connectivity index (χ4v) is 2.09. The van der Waals surface area contributed by atoms with Gasteiger partial charge in [0, 0.05) is 26.0 Å². The van der Waals surface area contributed by atoms with E-state index in [-0.39, 0.29) is 0 Å². The fraction of sp³-hybridized carbons (Fsp3) is 0.286. The van der Waals surface area contributed by atoms with E-state index >= 15 is 0 Å². The van der Waals surface area contributed by atoms with Gasteiger partial charge in [0.15, 0.2) is 0 Å². The van der Waals surface area contributed by atoms with E-state index in [2.05, 4.69) is 21.9 Å². The molecule has 2 rings (SSSR count). The number of anilines is 1. The summed E-state index contributed by atoms with van der Waals surface area (Å²) in [6.07, 6.45) is 6.46. The second kappa shape index (κ2) is 5.83. The lowest BCUT2D eigenvalue weighted by atomic mass is 10.2. The van der Waals surface area contributed by atoms with Crippen molar-refractivity contribution in [3.8, 4) is 0 Å². The molecule has 0 N–H and O–H groups in total. The van der Waals surface area contributed by atoms with Gasteiger partial charge in [0.05, 0.1) is 11.9 Å². The smallest absolute Gasteiger partial charge is 0.129 e. The molecule has 0 saturated heterocycles. The molecule has 0 atom stereocenters. The normalized spacial score (nSPS) is 10.4. The van der Waals surface area contributed by atoms with Gasteiger partial charge in [-0.1, -0.05) is 11.6 Å². The Morgan fingerprint density at radius 1 is 1.28 bits per heavy atom. The van der Waals surface area contributed by atoms with E-state index in [1.54, 1.807) is 0 Å². The first-order chi connectivity index (χ1) is 8.66. The predicted molar refractivity (Wildman–Crippen MR) is 75.2 cm³/mol. The van der Waals surface area contributed by atoms with Crippen LogP contribution in [0.3, 0.4) is 0 Å². The summed E-state index contributed by atoms with van der Waals surface area (Å²) in [5.41, 5.74) is 3.55. The molecule has 0 aliphatic heterocycles. The molecule has 0 unspecified atom stereocenters. The lowest BCUT2D eigenvalue weighted by Crippen LogP contribution is -2.21. The molecule has 0 radical (unpaired) electrons. The third kappa shape index (κ3) is 3.20. The zero-order valence-corrected chi connectivity index (χ0v) is 11.4. The predicted octanol–water partition coefficient (Wildman–Crippen LogP) is 3.12. The Morgan fingerprint density at radius 2 is 2.00 bits per heavy atom. The number of aryl methyl sites for hydroxylation is 1. The Morgan fingerprint density at radius 3 is 2.67 bits per heavy atom. The largest absolute Gasteiger partial charge is 0.373 e. The lowest BCUT2D eigenvalue weighted by molar-refractivity contribution is 0.868. The van der Waals surface area contributed by atoms with Gasteiger partial charge in [-0.3, -0.25) is 4.98 Å². The molecule has 0 aliphatic rings.